The van der Waals surface area contributed by atoms with E-state index in [-0.39, 0.29) is 0 Å². The van der Waals surface area contributed by atoms with E-state index in [1.807, 2.05) is 5.43 Å². The van der Waals surface area contributed by atoms with E-state index in [0.717, 1.165) is 0 Å². The first-order valence-corrected chi connectivity index (χ1v) is 3.95. The zero-order valence-electron chi connectivity index (χ0n) is 7.70. The second kappa shape index (κ2) is 4.01. The molecule has 6 nitrogen and oxygen atoms in total. The molecule has 2 atom stereocenters. The Bertz CT molecular complexity index is 199. The second-order valence-corrected chi connectivity index (χ2v) is 2.75. The van der Waals surface area contributed by atoms with Gasteiger partial charge in [0.1, 0.15) is 0 Å². The number of carbonyl (C=O) groups excluding carboxylic acids is 1. The summed E-state index contributed by atoms with van der Waals surface area (Å²) in [6.45, 7) is 0. The van der Waals surface area contributed by atoms with Gasteiger partial charge in [-0.1, -0.05) is 0 Å². The van der Waals surface area contributed by atoms with E-state index in [2.05, 4.69) is 0 Å². The molecule has 1 fully saturated rings. The van der Waals surface area contributed by atoms with Crippen molar-refractivity contribution in [2.45, 2.75) is 24.9 Å². The number of hydrogen-bond acceptors (Lipinski definition) is 5. The van der Waals surface area contributed by atoms with Crippen molar-refractivity contribution in [1.82, 2.24) is 5.43 Å². The normalized spacial score (nSPS) is 33.3. The van der Waals surface area contributed by atoms with E-state index >= 15 is 0 Å². The van der Waals surface area contributed by atoms with Crippen LogP contribution in [0.5, 0.6) is 0 Å². The first-order chi connectivity index (χ1) is 6.18. The van der Waals surface area contributed by atoms with Crippen molar-refractivity contribution in [3.63, 3.8) is 0 Å². The lowest BCUT2D eigenvalue weighted by Gasteiger charge is -2.24. The molecule has 1 amide bonds. The van der Waals surface area contributed by atoms with E-state index in [0.29, 0.717) is 12.8 Å². The molecular weight excluding hydrogens is 176 g/mol. The van der Waals surface area contributed by atoms with Gasteiger partial charge in [0.2, 0.25) is 0 Å². The summed E-state index contributed by atoms with van der Waals surface area (Å²) in [6.07, 6.45) is 0.639. The van der Waals surface area contributed by atoms with Crippen molar-refractivity contribution in [2.24, 2.45) is 5.84 Å². The van der Waals surface area contributed by atoms with Gasteiger partial charge in [-0.05, 0) is 0 Å². The minimum atomic E-state index is -1.28. The molecule has 0 unspecified atom stereocenters. The Balaban J connectivity index is 2.67. The summed E-state index contributed by atoms with van der Waals surface area (Å²) in [5.74, 6) is 3.23. The summed E-state index contributed by atoms with van der Waals surface area (Å²) in [6, 6.07) is 0. The highest BCUT2D eigenvalue weighted by molar-refractivity contribution is 5.83. The minimum absolute atomic E-state index is 0.405. The fourth-order valence-electron chi connectivity index (χ4n) is 1.32. The van der Waals surface area contributed by atoms with Gasteiger partial charge in [0.05, 0.1) is 0 Å². The minimum Gasteiger partial charge on any atom is -0.356 e. The molecule has 0 aromatic rings. The van der Waals surface area contributed by atoms with Crippen LogP contribution in [0.25, 0.3) is 0 Å². The molecule has 0 aliphatic carbocycles. The molecule has 1 aliphatic rings. The van der Waals surface area contributed by atoms with Crippen molar-refractivity contribution in [3.05, 3.63) is 0 Å². The Kier molecular flexibility index (Phi) is 3.21. The van der Waals surface area contributed by atoms with Gasteiger partial charge in [0, 0.05) is 27.1 Å². The number of amides is 1. The summed E-state index contributed by atoms with van der Waals surface area (Å²) in [5, 5.41) is 0. The number of ether oxygens (including phenoxy) is 3. The van der Waals surface area contributed by atoms with Gasteiger partial charge < -0.3 is 14.2 Å². The van der Waals surface area contributed by atoms with Gasteiger partial charge in [0.25, 0.3) is 11.7 Å². The van der Waals surface area contributed by atoms with Crippen LogP contribution in [0.15, 0.2) is 0 Å². The largest absolute Gasteiger partial charge is 0.356 e. The van der Waals surface area contributed by atoms with Crippen LogP contribution >= 0.6 is 0 Å². The molecule has 76 valence electrons. The summed E-state index contributed by atoms with van der Waals surface area (Å²) in [5.41, 5.74) is 2.00. The summed E-state index contributed by atoms with van der Waals surface area (Å²) in [7, 11) is 2.91. The first-order valence-electron chi connectivity index (χ1n) is 3.95. The quantitative estimate of drug-likeness (QED) is 0.342. The first kappa shape index (κ1) is 10.4. The molecule has 13 heavy (non-hydrogen) atoms. The van der Waals surface area contributed by atoms with Crippen molar-refractivity contribution in [2.75, 3.05) is 14.2 Å². The monoisotopic (exact) mass is 190 g/mol. The maximum Gasteiger partial charge on any atom is 0.294 e. The van der Waals surface area contributed by atoms with Gasteiger partial charge >= 0.3 is 0 Å². The van der Waals surface area contributed by atoms with Crippen LogP contribution in [0.2, 0.25) is 0 Å². The lowest BCUT2D eigenvalue weighted by atomic mass is 10.2. The topological polar surface area (TPSA) is 82.8 Å². The van der Waals surface area contributed by atoms with Crippen LogP contribution in [0.4, 0.5) is 0 Å². The fourth-order valence-corrected chi connectivity index (χ4v) is 1.32. The smallest absolute Gasteiger partial charge is 0.294 e. The van der Waals surface area contributed by atoms with Crippen molar-refractivity contribution in [3.8, 4) is 0 Å². The van der Waals surface area contributed by atoms with E-state index in [4.69, 9.17) is 20.1 Å². The zero-order chi connectivity index (χ0) is 9.90. The van der Waals surface area contributed by atoms with Crippen LogP contribution in [-0.4, -0.2) is 32.2 Å². The van der Waals surface area contributed by atoms with Crippen molar-refractivity contribution in [1.29, 1.82) is 0 Å². The lowest BCUT2D eigenvalue weighted by Crippen LogP contribution is -2.50. The predicted molar refractivity (Wildman–Crippen MR) is 43.2 cm³/mol. The third-order valence-electron chi connectivity index (χ3n) is 2.10. The average Bonchev–Trinajstić information content (AvgIpc) is 2.61. The van der Waals surface area contributed by atoms with Crippen LogP contribution in [0.1, 0.15) is 12.8 Å². The Hall–Kier alpha value is -0.690. The maximum atomic E-state index is 11.3. The number of rotatable bonds is 3. The van der Waals surface area contributed by atoms with Crippen LogP contribution in [0, 0.1) is 0 Å². The molecule has 1 rings (SSSR count). The lowest BCUT2D eigenvalue weighted by molar-refractivity contribution is -0.247. The SMILES string of the molecule is CO[C@@H]1CC[C@](OC)(C(=O)NN)O1. The molecule has 0 saturated carbocycles. The predicted octanol–water partition coefficient (Wildman–Crippen LogP) is -0.898. The highest BCUT2D eigenvalue weighted by atomic mass is 16.8. The maximum absolute atomic E-state index is 11.3. The molecule has 0 bridgehead atoms. The Labute approximate surface area is 76.3 Å². The molecule has 0 aromatic carbocycles. The Morgan fingerprint density at radius 1 is 1.69 bits per heavy atom. The van der Waals surface area contributed by atoms with Crippen LogP contribution < -0.4 is 11.3 Å². The van der Waals surface area contributed by atoms with Gasteiger partial charge in [-0.15, -0.1) is 0 Å². The van der Waals surface area contributed by atoms with Crippen LogP contribution in [0.3, 0.4) is 0 Å². The van der Waals surface area contributed by atoms with Gasteiger partial charge in [-0.25, -0.2) is 5.84 Å². The number of carbonyl (C=O) groups is 1. The number of methoxy groups -OCH3 is 2. The zero-order valence-corrected chi connectivity index (χ0v) is 7.70. The van der Waals surface area contributed by atoms with Gasteiger partial charge in [-0.3, -0.25) is 10.2 Å². The Morgan fingerprint density at radius 2 is 2.38 bits per heavy atom. The number of nitrogens with one attached hydrogen (secondary N) is 1. The van der Waals surface area contributed by atoms with E-state index in [9.17, 15) is 4.79 Å². The number of hydrogen-bond donors (Lipinski definition) is 2. The summed E-state index contributed by atoms with van der Waals surface area (Å²) in [4.78, 5) is 11.3. The molecule has 6 heteroatoms. The molecule has 1 heterocycles. The van der Waals surface area contributed by atoms with Gasteiger partial charge in [-0.2, -0.15) is 0 Å². The molecule has 1 aliphatic heterocycles. The molecule has 0 aromatic heterocycles. The standard InChI is InChI=1S/C7H14N2O4/c1-11-5-3-4-7(12-2,13-5)6(10)9-8/h5H,3-4,8H2,1-2H3,(H,9,10)/t5-,7+/m0/s1. The van der Waals surface area contributed by atoms with E-state index < -0.39 is 18.0 Å². The molecular formula is C7H14N2O4. The van der Waals surface area contributed by atoms with E-state index in [1.54, 1.807) is 0 Å². The molecule has 0 spiro atoms. The summed E-state index contributed by atoms with van der Waals surface area (Å²) < 4.78 is 15.2. The third-order valence-corrected chi connectivity index (χ3v) is 2.10. The van der Waals surface area contributed by atoms with Crippen molar-refractivity contribution >= 4 is 5.91 Å². The van der Waals surface area contributed by atoms with Gasteiger partial charge in [0.15, 0.2) is 6.29 Å². The molecule has 1 saturated heterocycles. The van der Waals surface area contributed by atoms with Crippen LogP contribution in [-0.2, 0) is 19.0 Å². The highest BCUT2D eigenvalue weighted by Crippen LogP contribution is 2.31. The fraction of sp³-hybridized carbons (Fsp3) is 0.857. The second-order valence-electron chi connectivity index (χ2n) is 2.75. The third kappa shape index (κ3) is 1.80. The number of nitrogens with two attached hydrogens (primary N) is 1. The molecule has 0 radical (unpaired) electrons. The molecule has 3 N–H and O–H groups in total. The van der Waals surface area contributed by atoms with E-state index in [1.165, 1.54) is 14.2 Å². The Morgan fingerprint density at radius 3 is 2.77 bits per heavy atom. The van der Waals surface area contributed by atoms with Crippen molar-refractivity contribution < 1.29 is 19.0 Å². The number of hydrazine groups is 1. The highest BCUT2D eigenvalue weighted by Gasteiger charge is 2.47. The summed E-state index contributed by atoms with van der Waals surface area (Å²) >= 11 is 0. The average molecular weight is 190 g/mol.